The van der Waals surface area contributed by atoms with Crippen molar-refractivity contribution in [3.05, 3.63) is 47.7 Å². The Morgan fingerprint density at radius 3 is 3.05 bits per heavy atom. The normalized spacial score (nSPS) is 21.4. The van der Waals surface area contributed by atoms with Gasteiger partial charge in [0.25, 0.3) is 0 Å². The summed E-state index contributed by atoms with van der Waals surface area (Å²) in [5.41, 5.74) is 8.39. The monoisotopic (exact) mass is 259 g/mol. The van der Waals surface area contributed by atoms with E-state index >= 15 is 0 Å². The molecule has 0 aliphatic carbocycles. The molecule has 1 atom stereocenters. The summed E-state index contributed by atoms with van der Waals surface area (Å²) in [4.78, 5) is 13.7. The molecule has 0 aromatic heterocycles. The number of benzene rings is 1. The van der Waals surface area contributed by atoms with Gasteiger partial charge in [0.1, 0.15) is 6.61 Å². The van der Waals surface area contributed by atoms with Crippen LogP contribution in [0, 0.1) is 5.92 Å². The van der Waals surface area contributed by atoms with E-state index in [1.54, 1.807) is 4.90 Å². The van der Waals surface area contributed by atoms with Gasteiger partial charge < -0.3 is 15.1 Å². The van der Waals surface area contributed by atoms with E-state index in [4.69, 9.17) is 4.74 Å². The van der Waals surface area contributed by atoms with Gasteiger partial charge in [-0.1, -0.05) is 30.3 Å². The smallest absolute Gasteiger partial charge is 0.410 e. The van der Waals surface area contributed by atoms with Crippen molar-refractivity contribution >= 4 is 6.09 Å². The van der Waals surface area contributed by atoms with Gasteiger partial charge in [-0.25, -0.2) is 10.2 Å². The Morgan fingerprint density at radius 2 is 2.21 bits per heavy atom. The van der Waals surface area contributed by atoms with Gasteiger partial charge in [0.05, 0.1) is 0 Å². The fourth-order valence-corrected chi connectivity index (χ4v) is 2.38. The number of ether oxygens (including phenoxy) is 1. The van der Waals surface area contributed by atoms with E-state index in [-0.39, 0.29) is 6.09 Å². The summed E-state index contributed by atoms with van der Waals surface area (Å²) in [6.07, 6.45) is 1.80. The summed E-state index contributed by atoms with van der Waals surface area (Å²) in [5.74, 6) is 0.359. The average molecular weight is 259 g/mol. The zero-order valence-electron chi connectivity index (χ0n) is 10.6. The molecule has 2 aliphatic heterocycles. The molecule has 1 aromatic rings. The quantitative estimate of drug-likeness (QED) is 0.839. The molecule has 5 heteroatoms. The SMILES string of the molecule is O=C(OCc1ccccc1)N1CC=C2NNCC2C1. The van der Waals surface area contributed by atoms with Crippen LogP contribution in [-0.2, 0) is 11.3 Å². The number of fused-ring (bicyclic) bond motifs is 1. The second-order valence-electron chi connectivity index (χ2n) is 4.81. The molecular weight excluding hydrogens is 242 g/mol. The first kappa shape index (κ1) is 12.0. The lowest BCUT2D eigenvalue weighted by Gasteiger charge is -2.28. The standard InChI is InChI=1S/C14H17N3O2/c18-14(19-10-11-4-2-1-3-5-11)17-7-6-13-12(9-17)8-15-16-13/h1-6,12,15-16H,7-10H2. The average Bonchev–Trinajstić information content (AvgIpc) is 2.93. The van der Waals surface area contributed by atoms with Crippen molar-refractivity contribution in [3.8, 4) is 0 Å². The predicted octanol–water partition coefficient (Wildman–Crippen LogP) is 1.25. The number of carbonyl (C=O) groups is 1. The maximum Gasteiger partial charge on any atom is 0.410 e. The zero-order chi connectivity index (χ0) is 13.1. The molecule has 2 aliphatic rings. The first-order valence-corrected chi connectivity index (χ1v) is 6.47. The highest BCUT2D eigenvalue weighted by Gasteiger charge is 2.29. The minimum atomic E-state index is -0.244. The summed E-state index contributed by atoms with van der Waals surface area (Å²) in [6, 6.07) is 9.73. The summed E-state index contributed by atoms with van der Waals surface area (Å²) < 4.78 is 5.33. The Bertz CT molecular complexity index is 487. The Balaban J connectivity index is 1.54. The van der Waals surface area contributed by atoms with Crippen LogP contribution in [0.2, 0.25) is 0 Å². The largest absolute Gasteiger partial charge is 0.445 e. The van der Waals surface area contributed by atoms with Crippen molar-refractivity contribution in [2.45, 2.75) is 6.61 Å². The van der Waals surface area contributed by atoms with Gasteiger partial charge in [-0.05, 0) is 11.6 Å². The zero-order valence-corrected chi connectivity index (χ0v) is 10.6. The van der Waals surface area contributed by atoms with Crippen LogP contribution < -0.4 is 10.9 Å². The molecule has 0 bridgehead atoms. The lowest BCUT2D eigenvalue weighted by atomic mass is 10.0. The van der Waals surface area contributed by atoms with Gasteiger partial charge in [-0.3, -0.25) is 0 Å². The molecule has 1 unspecified atom stereocenters. The number of hydrogen-bond acceptors (Lipinski definition) is 4. The highest BCUT2D eigenvalue weighted by molar-refractivity contribution is 5.68. The molecule has 0 saturated carbocycles. The van der Waals surface area contributed by atoms with Crippen LogP contribution in [0.15, 0.2) is 42.1 Å². The highest BCUT2D eigenvalue weighted by Crippen LogP contribution is 2.19. The van der Waals surface area contributed by atoms with Crippen LogP contribution in [-0.4, -0.2) is 30.6 Å². The molecule has 1 aromatic carbocycles. The van der Waals surface area contributed by atoms with E-state index in [0.717, 1.165) is 12.1 Å². The van der Waals surface area contributed by atoms with Gasteiger partial charge in [0.2, 0.25) is 0 Å². The van der Waals surface area contributed by atoms with Gasteiger partial charge in [-0.2, -0.15) is 0 Å². The number of hydrogen-bond donors (Lipinski definition) is 2. The molecule has 0 spiro atoms. The topological polar surface area (TPSA) is 53.6 Å². The molecule has 2 N–H and O–H groups in total. The minimum Gasteiger partial charge on any atom is -0.445 e. The summed E-state index contributed by atoms with van der Waals surface area (Å²) in [7, 11) is 0. The predicted molar refractivity (Wildman–Crippen MR) is 70.9 cm³/mol. The third-order valence-corrected chi connectivity index (χ3v) is 3.46. The maximum atomic E-state index is 12.0. The van der Waals surface area contributed by atoms with Gasteiger partial charge >= 0.3 is 6.09 Å². The first-order valence-electron chi connectivity index (χ1n) is 6.47. The van der Waals surface area contributed by atoms with E-state index in [1.165, 1.54) is 5.70 Å². The van der Waals surface area contributed by atoms with Crippen molar-refractivity contribution in [3.63, 3.8) is 0 Å². The van der Waals surface area contributed by atoms with E-state index in [9.17, 15) is 4.79 Å². The molecule has 19 heavy (non-hydrogen) atoms. The minimum absolute atomic E-state index is 0.244. The van der Waals surface area contributed by atoms with Crippen molar-refractivity contribution in [1.82, 2.24) is 15.8 Å². The molecule has 100 valence electrons. The van der Waals surface area contributed by atoms with Crippen molar-refractivity contribution in [2.24, 2.45) is 5.92 Å². The van der Waals surface area contributed by atoms with Crippen LogP contribution in [0.25, 0.3) is 0 Å². The lowest BCUT2D eigenvalue weighted by Crippen LogP contribution is -2.40. The van der Waals surface area contributed by atoms with E-state index < -0.39 is 0 Å². The van der Waals surface area contributed by atoms with Crippen molar-refractivity contribution in [2.75, 3.05) is 19.6 Å². The fraction of sp³-hybridized carbons (Fsp3) is 0.357. The van der Waals surface area contributed by atoms with E-state index in [2.05, 4.69) is 10.9 Å². The van der Waals surface area contributed by atoms with Gasteiger partial charge in [0, 0.05) is 31.2 Å². The Kier molecular flexibility index (Phi) is 3.37. The Labute approximate surface area is 112 Å². The van der Waals surface area contributed by atoms with E-state index in [0.29, 0.717) is 25.6 Å². The van der Waals surface area contributed by atoms with Crippen molar-refractivity contribution in [1.29, 1.82) is 0 Å². The second-order valence-corrected chi connectivity index (χ2v) is 4.81. The molecule has 1 amide bonds. The lowest BCUT2D eigenvalue weighted by molar-refractivity contribution is 0.0948. The Morgan fingerprint density at radius 1 is 1.37 bits per heavy atom. The van der Waals surface area contributed by atoms with Crippen LogP contribution in [0.3, 0.4) is 0 Å². The van der Waals surface area contributed by atoms with E-state index in [1.807, 2.05) is 36.4 Å². The highest BCUT2D eigenvalue weighted by atomic mass is 16.6. The molecule has 5 nitrogen and oxygen atoms in total. The van der Waals surface area contributed by atoms with Crippen LogP contribution in [0.1, 0.15) is 5.56 Å². The number of amides is 1. The maximum absolute atomic E-state index is 12.0. The molecule has 2 heterocycles. The van der Waals surface area contributed by atoms with Crippen molar-refractivity contribution < 1.29 is 9.53 Å². The molecule has 1 saturated heterocycles. The number of hydrazine groups is 1. The summed E-state index contributed by atoms with van der Waals surface area (Å²) in [6.45, 7) is 2.50. The molecule has 1 fully saturated rings. The van der Waals surface area contributed by atoms with Gasteiger partial charge in [0.15, 0.2) is 0 Å². The molecule has 3 rings (SSSR count). The molecule has 0 radical (unpaired) electrons. The third-order valence-electron chi connectivity index (χ3n) is 3.46. The van der Waals surface area contributed by atoms with Crippen LogP contribution in [0.4, 0.5) is 4.79 Å². The number of carbonyl (C=O) groups excluding carboxylic acids is 1. The molecular formula is C14H17N3O2. The second kappa shape index (κ2) is 5.32. The fourth-order valence-electron chi connectivity index (χ4n) is 2.38. The Hall–Kier alpha value is -2.01. The van der Waals surface area contributed by atoms with Crippen LogP contribution in [0.5, 0.6) is 0 Å². The number of nitrogens with zero attached hydrogens (tertiary/aromatic N) is 1. The van der Waals surface area contributed by atoms with Gasteiger partial charge in [-0.15, -0.1) is 0 Å². The number of nitrogens with one attached hydrogen (secondary N) is 2. The van der Waals surface area contributed by atoms with Crippen LogP contribution >= 0.6 is 0 Å². The number of rotatable bonds is 2. The third kappa shape index (κ3) is 2.71. The first-order chi connectivity index (χ1) is 9.33. The summed E-state index contributed by atoms with van der Waals surface area (Å²) in [5, 5.41) is 0. The summed E-state index contributed by atoms with van der Waals surface area (Å²) >= 11 is 0.